The number of carbonyl (C=O) groups is 1. The number of carbonyl (C=O) groups excluding carboxylic acids is 1. The highest BCUT2D eigenvalue weighted by Crippen LogP contribution is 2.32. The van der Waals surface area contributed by atoms with Crippen molar-refractivity contribution in [1.82, 2.24) is 4.90 Å². The van der Waals surface area contributed by atoms with Gasteiger partial charge in [-0.3, -0.25) is 9.69 Å². The molecule has 0 fully saturated rings. The fraction of sp³-hybridized carbons (Fsp3) is 0.500. The van der Waals surface area contributed by atoms with E-state index >= 15 is 0 Å². The molecule has 3 N–H and O–H groups in total. The Labute approximate surface area is 152 Å². The van der Waals surface area contributed by atoms with Gasteiger partial charge in [0.2, 0.25) is 5.91 Å². The molecular weight excluding hydrogens is 368 g/mol. The van der Waals surface area contributed by atoms with Crippen molar-refractivity contribution in [3.05, 3.63) is 27.2 Å². The van der Waals surface area contributed by atoms with Gasteiger partial charge < -0.3 is 11.1 Å². The molecule has 0 aromatic heterocycles. The van der Waals surface area contributed by atoms with Gasteiger partial charge in [-0.2, -0.15) is 0 Å². The molecule has 22 heavy (non-hydrogen) atoms. The normalized spacial score (nSPS) is 11.3. The van der Waals surface area contributed by atoms with Crippen LogP contribution in [0.15, 0.2) is 12.1 Å². The molecule has 1 amide bonds. The van der Waals surface area contributed by atoms with Crippen molar-refractivity contribution in [1.29, 1.82) is 0 Å². The number of anilines is 1. The van der Waals surface area contributed by atoms with Gasteiger partial charge in [-0.1, -0.05) is 48.7 Å². The minimum absolute atomic E-state index is 0. The molecule has 0 aliphatic rings. The van der Waals surface area contributed by atoms with Gasteiger partial charge in [-0.25, -0.2) is 0 Å². The molecule has 0 radical (unpaired) electrons. The molecule has 0 saturated carbocycles. The zero-order valence-electron chi connectivity index (χ0n) is 12.8. The Morgan fingerprint density at radius 2 is 1.77 bits per heavy atom. The van der Waals surface area contributed by atoms with Gasteiger partial charge in [0.15, 0.2) is 0 Å². The van der Waals surface area contributed by atoms with Gasteiger partial charge in [0.1, 0.15) is 0 Å². The second-order valence-electron chi connectivity index (χ2n) is 5.83. The Kier molecular flexibility index (Phi) is 9.06. The molecule has 126 valence electrons. The predicted octanol–water partition coefficient (Wildman–Crippen LogP) is 3.92. The number of amides is 1. The number of nitrogens with zero attached hydrogens (tertiary/aromatic N) is 1. The van der Waals surface area contributed by atoms with Crippen molar-refractivity contribution in [3.63, 3.8) is 0 Å². The van der Waals surface area contributed by atoms with E-state index in [0.717, 1.165) is 0 Å². The minimum atomic E-state index is -0.175. The van der Waals surface area contributed by atoms with E-state index in [2.05, 4.69) is 19.2 Å². The van der Waals surface area contributed by atoms with E-state index in [9.17, 15) is 4.79 Å². The Morgan fingerprint density at radius 3 is 2.32 bits per heavy atom. The maximum atomic E-state index is 12.0. The summed E-state index contributed by atoms with van der Waals surface area (Å²) in [6.07, 6.45) is 0. The third-order valence-electron chi connectivity index (χ3n) is 2.95. The zero-order valence-corrected chi connectivity index (χ0v) is 15.8. The summed E-state index contributed by atoms with van der Waals surface area (Å²) in [7, 11) is 1.87. The molecule has 0 bridgehead atoms. The first-order valence-electron chi connectivity index (χ1n) is 6.47. The first-order valence-corrected chi connectivity index (χ1v) is 7.61. The van der Waals surface area contributed by atoms with Crippen LogP contribution in [0.5, 0.6) is 0 Å². The fourth-order valence-corrected chi connectivity index (χ4v) is 2.50. The Morgan fingerprint density at radius 1 is 1.23 bits per heavy atom. The molecule has 8 heteroatoms. The van der Waals surface area contributed by atoms with Crippen LogP contribution in [-0.4, -0.2) is 37.5 Å². The molecule has 0 atom stereocenters. The summed E-state index contributed by atoms with van der Waals surface area (Å²) in [5, 5.41) is 3.77. The van der Waals surface area contributed by atoms with Crippen LogP contribution in [0.25, 0.3) is 0 Å². The second-order valence-corrected chi connectivity index (χ2v) is 7.06. The summed E-state index contributed by atoms with van der Waals surface area (Å²) in [4.78, 5) is 13.9. The molecule has 1 aromatic rings. The summed E-state index contributed by atoms with van der Waals surface area (Å²) >= 11 is 17.8. The third-order valence-corrected chi connectivity index (χ3v) is 3.98. The summed E-state index contributed by atoms with van der Waals surface area (Å²) in [6.45, 7) is 5.61. The molecule has 4 nitrogen and oxygen atoms in total. The van der Waals surface area contributed by atoms with E-state index in [4.69, 9.17) is 40.5 Å². The van der Waals surface area contributed by atoms with E-state index in [0.29, 0.717) is 33.8 Å². The number of hydrogen-bond acceptors (Lipinski definition) is 3. The first kappa shape index (κ1) is 21.8. The van der Waals surface area contributed by atoms with Crippen LogP contribution in [0.1, 0.15) is 13.8 Å². The summed E-state index contributed by atoms with van der Waals surface area (Å²) < 4.78 is 0. The van der Waals surface area contributed by atoms with Crippen LogP contribution in [0.4, 0.5) is 5.69 Å². The quantitative estimate of drug-likeness (QED) is 0.726. The molecule has 0 spiro atoms. The van der Waals surface area contributed by atoms with Crippen molar-refractivity contribution in [2.45, 2.75) is 13.8 Å². The van der Waals surface area contributed by atoms with Crippen molar-refractivity contribution in [3.8, 4) is 0 Å². The first-order chi connectivity index (χ1) is 9.64. The Balaban J connectivity index is 0.00000441. The summed E-state index contributed by atoms with van der Waals surface area (Å²) in [5.41, 5.74) is 6.09. The summed E-state index contributed by atoms with van der Waals surface area (Å²) in [5.74, 6) is -0.175. The average molecular weight is 389 g/mol. The highest BCUT2D eigenvalue weighted by atomic mass is 35.5. The van der Waals surface area contributed by atoms with Crippen LogP contribution in [-0.2, 0) is 4.79 Å². The molecule has 0 heterocycles. The highest BCUT2D eigenvalue weighted by molar-refractivity contribution is 6.44. The smallest absolute Gasteiger partial charge is 0.238 e. The van der Waals surface area contributed by atoms with Crippen LogP contribution in [0, 0.1) is 5.41 Å². The number of likely N-dealkylation sites (N-methyl/N-ethyl adjacent to an activating group) is 1. The number of rotatable bonds is 6. The average Bonchev–Trinajstić information content (AvgIpc) is 2.35. The van der Waals surface area contributed by atoms with Gasteiger partial charge in [-0.15, -0.1) is 12.4 Å². The lowest BCUT2D eigenvalue weighted by Gasteiger charge is -2.28. The largest absolute Gasteiger partial charge is 0.330 e. The van der Waals surface area contributed by atoms with E-state index in [1.165, 1.54) is 12.1 Å². The second kappa shape index (κ2) is 9.16. The zero-order chi connectivity index (χ0) is 16.2. The number of hydrogen-bond donors (Lipinski definition) is 2. The SMILES string of the molecule is CN(CC(=O)Nc1cc(Cl)c(Cl)cc1Cl)CC(C)(C)CN.Cl. The molecule has 1 rings (SSSR count). The topological polar surface area (TPSA) is 58.4 Å². The maximum Gasteiger partial charge on any atom is 0.238 e. The maximum absolute atomic E-state index is 12.0. The monoisotopic (exact) mass is 387 g/mol. The lowest BCUT2D eigenvalue weighted by Crippen LogP contribution is -2.40. The van der Waals surface area contributed by atoms with Crippen molar-refractivity contribution >= 4 is 58.8 Å². The number of nitrogens with one attached hydrogen (secondary N) is 1. The van der Waals surface area contributed by atoms with Crippen molar-refractivity contribution in [2.75, 3.05) is 32.0 Å². The van der Waals surface area contributed by atoms with Gasteiger partial charge in [0, 0.05) is 6.54 Å². The van der Waals surface area contributed by atoms with Gasteiger partial charge in [0.25, 0.3) is 0 Å². The van der Waals surface area contributed by atoms with Crippen LogP contribution >= 0.6 is 47.2 Å². The molecule has 0 unspecified atom stereocenters. The standard InChI is InChI=1S/C14H20Cl3N3O.ClH/c1-14(2,7-18)8-20(3)6-13(21)19-12-5-10(16)9(15)4-11(12)17;/h4-5H,6-8,18H2,1-3H3,(H,19,21);1H. The minimum Gasteiger partial charge on any atom is -0.330 e. The van der Waals surface area contributed by atoms with E-state index in [1.54, 1.807) is 0 Å². The lowest BCUT2D eigenvalue weighted by atomic mass is 9.93. The number of nitrogens with two attached hydrogens (primary N) is 1. The van der Waals surface area contributed by atoms with Gasteiger partial charge in [-0.05, 0) is 31.1 Å². The highest BCUT2D eigenvalue weighted by Gasteiger charge is 2.19. The van der Waals surface area contributed by atoms with Crippen molar-refractivity contribution in [2.24, 2.45) is 11.1 Å². The van der Waals surface area contributed by atoms with Crippen LogP contribution in [0.2, 0.25) is 15.1 Å². The van der Waals surface area contributed by atoms with Crippen molar-refractivity contribution < 1.29 is 4.79 Å². The third kappa shape index (κ3) is 6.90. The lowest BCUT2D eigenvalue weighted by molar-refractivity contribution is -0.117. The van der Waals surface area contributed by atoms with E-state index in [1.807, 2.05) is 11.9 Å². The Hall–Kier alpha value is -0.230. The van der Waals surface area contributed by atoms with E-state index in [-0.39, 0.29) is 30.3 Å². The van der Waals surface area contributed by atoms with Gasteiger partial charge in [0.05, 0.1) is 27.3 Å². The Bertz CT molecular complexity index is 523. The molecule has 0 saturated heterocycles. The van der Waals surface area contributed by atoms with E-state index < -0.39 is 0 Å². The molecule has 1 aromatic carbocycles. The van der Waals surface area contributed by atoms with Crippen LogP contribution in [0.3, 0.4) is 0 Å². The molecular formula is C14H21Cl4N3O. The van der Waals surface area contributed by atoms with Crippen LogP contribution < -0.4 is 11.1 Å². The molecule has 0 aliphatic heterocycles. The fourth-order valence-electron chi connectivity index (χ4n) is 1.90. The molecule has 0 aliphatic carbocycles. The predicted molar refractivity (Wildman–Crippen MR) is 97.7 cm³/mol. The van der Waals surface area contributed by atoms with Gasteiger partial charge >= 0.3 is 0 Å². The summed E-state index contributed by atoms with van der Waals surface area (Å²) in [6, 6.07) is 3.04. The number of halogens is 4. The number of benzene rings is 1.